The van der Waals surface area contributed by atoms with Gasteiger partial charge in [-0.05, 0) is 60.9 Å². The van der Waals surface area contributed by atoms with E-state index in [1.54, 1.807) is 43.8 Å². The van der Waals surface area contributed by atoms with Gasteiger partial charge in [0.25, 0.3) is 5.91 Å². The zero-order chi connectivity index (χ0) is 18.5. The third-order valence-corrected chi connectivity index (χ3v) is 4.39. The molecule has 132 valence electrons. The van der Waals surface area contributed by atoms with Crippen molar-refractivity contribution in [2.75, 3.05) is 7.11 Å². The number of hydrogen-bond donors (Lipinski definition) is 1. The number of nitrogens with one attached hydrogen (secondary N) is 1. The largest absolute Gasteiger partial charge is 0.497 e. The van der Waals surface area contributed by atoms with Gasteiger partial charge in [-0.3, -0.25) is 9.78 Å². The molecule has 0 bridgehead atoms. The van der Waals surface area contributed by atoms with Crippen molar-refractivity contribution < 1.29 is 9.53 Å². The number of methoxy groups -OCH3 is 1. The molecule has 0 saturated heterocycles. The van der Waals surface area contributed by atoms with Crippen molar-refractivity contribution in [1.29, 1.82) is 0 Å². The van der Waals surface area contributed by atoms with Gasteiger partial charge < -0.3 is 10.1 Å². The fourth-order valence-electron chi connectivity index (χ4n) is 2.92. The van der Waals surface area contributed by atoms with Crippen LogP contribution in [-0.2, 0) is 0 Å². The fourth-order valence-corrected chi connectivity index (χ4v) is 2.92. The molecule has 4 heteroatoms. The highest BCUT2D eigenvalue weighted by Crippen LogP contribution is 2.26. The molecule has 1 unspecified atom stereocenters. The van der Waals surface area contributed by atoms with Crippen molar-refractivity contribution in [3.8, 4) is 5.75 Å². The number of ether oxygens (including phenoxy) is 1. The molecule has 1 N–H and O–H groups in total. The standard InChI is InChI=1S/C22H22N2O2/c1-15-6-7-16(2)20(13-15)21(18-5-4-12-23-14-18)24-22(25)17-8-10-19(26-3)11-9-17/h4-14,21H,1-3H3,(H,24,25). The zero-order valence-corrected chi connectivity index (χ0v) is 15.2. The van der Waals surface area contributed by atoms with Crippen LogP contribution < -0.4 is 10.1 Å². The molecule has 0 aliphatic rings. The minimum Gasteiger partial charge on any atom is -0.497 e. The number of carbonyl (C=O) groups is 1. The molecule has 1 atom stereocenters. The Morgan fingerprint density at radius 3 is 2.50 bits per heavy atom. The number of nitrogens with zero attached hydrogens (tertiary/aromatic N) is 1. The highest BCUT2D eigenvalue weighted by atomic mass is 16.5. The van der Waals surface area contributed by atoms with Crippen molar-refractivity contribution >= 4 is 5.91 Å². The molecule has 2 aromatic carbocycles. The lowest BCUT2D eigenvalue weighted by atomic mass is 9.94. The van der Waals surface area contributed by atoms with Crippen molar-refractivity contribution in [2.45, 2.75) is 19.9 Å². The lowest BCUT2D eigenvalue weighted by Crippen LogP contribution is -2.30. The van der Waals surface area contributed by atoms with Crippen LogP contribution in [0.5, 0.6) is 5.75 Å². The average Bonchev–Trinajstić information content (AvgIpc) is 2.68. The second kappa shape index (κ2) is 7.83. The normalized spacial score (nSPS) is 11.7. The first kappa shape index (κ1) is 17.7. The Morgan fingerprint density at radius 1 is 1.08 bits per heavy atom. The van der Waals surface area contributed by atoms with Crippen LogP contribution in [-0.4, -0.2) is 18.0 Å². The summed E-state index contributed by atoms with van der Waals surface area (Å²) in [4.78, 5) is 17.0. The van der Waals surface area contributed by atoms with Gasteiger partial charge in [0.1, 0.15) is 5.75 Å². The summed E-state index contributed by atoms with van der Waals surface area (Å²) in [6.45, 7) is 4.10. The molecule has 0 spiro atoms. The molecule has 0 aliphatic heterocycles. The number of pyridine rings is 1. The maximum absolute atomic E-state index is 12.8. The van der Waals surface area contributed by atoms with Gasteiger partial charge in [0.15, 0.2) is 0 Å². The Hall–Kier alpha value is -3.14. The third-order valence-electron chi connectivity index (χ3n) is 4.39. The van der Waals surface area contributed by atoms with Crippen LogP contribution in [0.1, 0.15) is 38.7 Å². The maximum atomic E-state index is 12.8. The molecular formula is C22H22N2O2. The van der Waals surface area contributed by atoms with Gasteiger partial charge in [0.2, 0.25) is 0 Å². The Bertz CT molecular complexity index is 890. The van der Waals surface area contributed by atoms with E-state index in [1.807, 2.05) is 12.1 Å². The number of hydrogen-bond acceptors (Lipinski definition) is 3. The summed E-state index contributed by atoms with van der Waals surface area (Å²) >= 11 is 0. The molecule has 1 amide bonds. The predicted molar refractivity (Wildman–Crippen MR) is 102 cm³/mol. The molecular weight excluding hydrogens is 324 g/mol. The molecule has 1 heterocycles. The summed E-state index contributed by atoms with van der Waals surface area (Å²) in [6, 6.07) is 16.9. The minimum atomic E-state index is -0.266. The lowest BCUT2D eigenvalue weighted by molar-refractivity contribution is 0.0943. The van der Waals surface area contributed by atoms with Gasteiger partial charge in [-0.1, -0.05) is 29.8 Å². The summed E-state index contributed by atoms with van der Waals surface area (Å²) in [5.74, 6) is 0.585. The highest BCUT2D eigenvalue weighted by Gasteiger charge is 2.20. The van der Waals surface area contributed by atoms with E-state index < -0.39 is 0 Å². The predicted octanol–water partition coefficient (Wildman–Crippen LogP) is 4.23. The Kier molecular flexibility index (Phi) is 5.32. The molecule has 0 aliphatic carbocycles. The maximum Gasteiger partial charge on any atom is 0.252 e. The summed E-state index contributed by atoms with van der Waals surface area (Å²) in [7, 11) is 1.61. The van der Waals surface area contributed by atoms with Gasteiger partial charge in [0, 0.05) is 18.0 Å². The zero-order valence-electron chi connectivity index (χ0n) is 15.2. The molecule has 0 radical (unpaired) electrons. The van der Waals surface area contributed by atoms with Gasteiger partial charge in [-0.2, -0.15) is 0 Å². The number of carbonyl (C=O) groups excluding carboxylic acids is 1. The fraction of sp³-hybridized carbons (Fsp3) is 0.182. The van der Waals surface area contributed by atoms with Crippen molar-refractivity contribution in [2.24, 2.45) is 0 Å². The first-order valence-electron chi connectivity index (χ1n) is 8.50. The number of aryl methyl sites for hydroxylation is 2. The Labute approximate surface area is 153 Å². The van der Waals surface area contributed by atoms with Crippen molar-refractivity contribution in [3.05, 3.63) is 94.8 Å². The minimum absolute atomic E-state index is 0.137. The molecule has 26 heavy (non-hydrogen) atoms. The first-order valence-corrected chi connectivity index (χ1v) is 8.50. The van der Waals surface area contributed by atoms with E-state index in [9.17, 15) is 4.79 Å². The topological polar surface area (TPSA) is 51.2 Å². The molecule has 1 aromatic heterocycles. The highest BCUT2D eigenvalue weighted by molar-refractivity contribution is 5.94. The van der Waals surface area contributed by atoms with Crippen LogP contribution in [0.4, 0.5) is 0 Å². The summed E-state index contributed by atoms with van der Waals surface area (Å²) < 4.78 is 5.16. The molecule has 3 aromatic rings. The second-order valence-electron chi connectivity index (χ2n) is 6.28. The van der Waals surface area contributed by atoms with Crippen LogP contribution in [0.3, 0.4) is 0 Å². The van der Waals surface area contributed by atoms with E-state index in [1.165, 1.54) is 0 Å². The average molecular weight is 346 g/mol. The van der Waals surface area contributed by atoms with E-state index in [2.05, 4.69) is 42.3 Å². The number of rotatable bonds is 5. The summed E-state index contributed by atoms with van der Waals surface area (Å²) in [5.41, 5.74) is 4.88. The van der Waals surface area contributed by atoms with Gasteiger partial charge in [-0.15, -0.1) is 0 Å². The van der Waals surface area contributed by atoms with Gasteiger partial charge in [-0.25, -0.2) is 0 Å². The molecule has 0 saturated carbocycles. The number of benzene rings is 2. The number of amides is 1. The molecule has 4 nitrogen and oxygen atoms in total. The van der Waals surface area contributed by atoms with E-state index in [0.29, 0.717) is 5.56 Å². The van der Waals surface area contributed by atoms with E-state index >= 15 is 0 Å². The SMILES string of the molecule is COc1ccc(C(=O)NC(c2cccnc2)c2cc(C)ccc2C)cc1. The lowest BCUT2D eigenvalue weighted by Gasteiger charge is -2.22. The third kappa shape index (κ3) is 3.91. The number of aromatic nitrogens is 1. The Balaban J connectivity index is 1.95. The van der Waals surface area contributed by atoms with Crippen LogP contribution in [0.15, 0.2) is 67.0 Å². The van der Waals surface area contributed by atoms with Crippen LogP contribution in [0, 0.1) is 13.8 Å². The van der Waals surface area contributed by atoms with Crippen molar-refractivity contribution in [3.63, 3.8) is 0 Å². The van der Waals surface area contributed by atoms with Crippen LogP contribution in [0.2, 0.25) is 0 Å². The molecule has 0 fully saturated rings. The van der Waals surface area contributed by atoms with Gasteiger partial charge >= 0.3 is 0 Å². The van der Waals surface area contributed by atoms with Gasteiger partial charge in [0.05, 0.1) is 13.2 Å². The smallest absolute Gasteiger partial charge is 0.252 e. The van der Waals surface area contributed by atoms with E-state index in [-0.39, 0.29) is 11.9 Å². The summed E-state index contributed by atoms with van der Waals surface area (Å²) in [6.07, 6.45) is 3.52. The van der Waals surface area contributed by atoms with E-state index in [0.717, 1.165) is 28.0 Å². The first-order chi connectivity index (χ1) is 12.6. The monoisotopic (exact) mass is 346 g/mol. The van der Waals surface area contributed by atoms with Crippen LogP contribution in [0.25, 0.3) is 0 Å². The summed E-state index contributed by atoms with van der Waals surface area (Å²) in [5, 5.41) is 3.15. The van der Waals surface area contributed by atoms with Crippen LogP contribution >= 0.6 is 0 Å². The Morgan fingerprint density at radius 2 is 1.85 bits per heavy atom. The second-order valence-corrected chi connectivity index (χ2v) is 6.28. The quantitative estimate of drug-likeness (QED) is 0.752. The van der Waals surface area contributed by atoms with Crippen molar-refractivity contribution in [1.82, 2.24) is 10.3 Å². The van der Waals surface area contributed by atoms with E-state index in [4.69, 9.17) is 4.74 Å². The molecule has 3 rings (SSSR count).